The Kier molecular flexibility index (Phi) is 6.62. The zero-order valence-electron chi connectivity index (χ0n) is 10.5. The molecule has 96 valence electrons. The summed E-state index contributed by atoms with van der Waals surface area (Å²) in [5.74, 6) is 16.5. The first-order chi connectivity index (χ1) is 9.15. The van der Waals surface area contributed by atoms with Gasteiger partial charge in [-0.3, -0.25) is 4.79 Å². The molecule has 0 unspecified atom stereocenters. The van der Waals surface area contributed by atoms with E-state index in [0.717, 1.165) is 9.75 Å². The molecule has 19 heavy (non-hydrogen) atoms. The van der Waals surface area contributed by atoms with Gasteiger partial charge in [0.1, 0.15) is 0 Å². The molecule has 1 aromatic rings. The fraction of sp³-hybridized carbons (Fsp3) is 0.267. The second-order valence-corrected chi connectivity index (χ2v) is 4.70. The fourth-order valence-electron chi connectivity index (χ4n) is 1.08. The molecular formula is C15H11ClO2S. The number of hydrogen-bond donors (Lipinski definition) is 0. The number of carbonyl (C=O) groups excluding carboxylic acids is 1. The third-order valence-electron chi connectivity index (χ3n) is 1.78. The van der Waals surface area contributed by atoms with Crippen molar-refractivity contribution >= 4 is 28.9 Å². The molecule has 0 bridgehead atoms. The standard InChI is InChI=1S/C15H11ClO2S/c1-3-4-5-6-14-9-10-15(19-14)8-7-13(11-16)18-12(2)17/h9-10,13H,11H2,1-2H3/t13-/m1/s1. The highest BCUT2D eigenvalue weighted by atomic mass is 35.5. The average molecular weight is 291 g/mol. The molecule has 1 rings (SSSR count). The van der Waals surface area contributed by atoms with Crippen molar-refractivity contribution < 1.29 is 9.53 Å². The van der Waals surface area contributed by atoms with Crippen molar-refractivity contribution in [3.05, 3.63) is 21.9 Å². The summed E-state index contributed by atoms with van der Waals surface area (Å²) in [6.07, 6.45) is -0.582. The molecular weight excluding hydrogens is 280 g/mol. The minimum atomic E-state index is -0.582. The Morgan fingerprint density at radius 2 is 2.05 bits per heavy atom. The van der Waals surface area contributed by atoms with Crippen molar-refractivity contribution in [2.24, 2.45) is 0 Å². The SMILES string of the molecule is CC#CC#Cc1ccc(C#C[C@H](CCl)OC(C)=O)s1. The summed E-state index contributed by atoms with van der Waals surface area (Å²) in [4.78, 5) is 12.5. The van der Waals surface area contributed by atoms with Crippen LogP contribution in [-0.2, 0) is 9.53 Å². The van der Waals surface area contributed by atoms with E-state index >= 15 is 0 Å². The van der Waals surface area contributed by atoms with Crippen LogP contribution in [0.2, 0.25) is 0 Å². The van der Waals surface area contributed by atoms with Crippen LogP contribution < -0.4 is 0 Å². The number of esters is 1. The van der Waals surface area contributed by atoms with Crippen LogP contribution in [0.3, 0.4) is 0 Å². The smallest absolute Gasteiger partial charge is 0.303 e. The molecule has 0 saturated carbocycles. The van der Waals surface area contributed by atoms with Crippen LogP contribution in [0, 0.1) is 35.5 Å². The first-order valence-corrected chi connectivity index (χ1v) is 6.78. The zero-order valence-corrected chi connectivity index (χ0v) is 12.1. The van der Waals surface area contributed by atoms with E-state index in [1.165, 1.54) is 18.3 Å². The first kappa shape index (κ1) is 15.2. The quantitative estimate of drug-likeness (QED) is 0.475. The van der Waals surface area contributed by atoms with Gasteiger partial charge in [-0.1, -0.05) is 17.8 Å². The summed E-state index contributed by atoms with van der Waals surface area (Å²) in [7, 11) is 0. The second kappa shape index (κ2) is 8.28. The van der Waals surface area contributed by atoms with Gasteiger partial charge in [-0.05, 0) is 36.8 Å². The number of hydrogen-bond acceptors (Lipinski definition) is 3. The maximum atomic E-state index is 10.8. The van der Waals surface area contributed by atoms with Gasteiger partial charge in [0.05, 0.1) is 15.6 Å². The predicted molar refractivity (Wildman–Crippen MR) is 77.8 cm³/mol. The van der Waals surface area contributed by atoms with Crippen LogP contribution in [0.5, 0.6) is 0 Å². The molecule has 0 aliphatic rings. The molecule has 0 spiro atoms. The molecule has 0 saturated heterocycles. The molecule has 0 N–H and O–H groups in total. The number of rotatable bonds is 2. The van der Waals surface area contributed by atoms with E-state index < -0.39 is 12.1 Å². The van der Waals surface area contributed by atoms with Crippen LogP contribution >= 0.6 is 22.9 Å². The lowest BCUT2D eigenvalue weighted by Crippen LogP contribution is -2.15. The van der Waals surface area contributed by atoms with Gasteiger partial charge >= 0.3 is 5.97 Å². The highest BCUT2D eigenvalue weighted by molar-refractivity contribution is 7.13. The Morgan fingerprint density at radius 3 is 2.63 bits per heavy atom. The molecule has 0 aliphatic heterocycles. The third kappa shape index (κ3) is 6.03. The Labute approximate surface area is 122 Å². The van der Waals surface area contributed by atoms with Crippen LogP contribution in [0.15, 0.2) is 12.1 Å². The van der Waals surface area contributed by atoms with E-state index in [4.69, 9.17) is 16.3 Å². The van der Waals surface area contributed by atoms with Gasteiger partial charge in [-0.25, -0.2) is 0 Å². The number of alkyl halides is 1. The topological polar surface area (TPSA) is 26.3 Å². The lowest BCUT2D eigenvalue weighted by atomic mass is 10.3. The zero-order chi connectivity index (χ0) is 14.1. The Morgan fingerprint density at radius 1 is 1.37 bits per heavy atom. The van der Waals surface area contributed by atoms with E-state index in [9.17, 15) is 4.79 Å². The molecule has 0 aromatic carbocycles. The summed E-state index contributed by atoms with van der Waals surface area (Å²) < 4.78 is 4.92. The van der Waals surface area contributed by atoms with E-state index in [2.05, 4.69) is 35.5 Å². The van der Waals surface area contributed by atoms with Gasteiger partial charge in [0.25, 0.3) is 0 Å². The lowest BCUT2D eigenvalue weighted by molar-refractivity contribution is -0.142. The first-order valence-electron chi connectivity index (χ1n) is 5.43. The van der Waals surface area contributed by atoms with Gasteiger partial charge < -0.3 is 4.74 Å². The third-order valence-corrected chi connectivity index (χ3v) is 2.98. The summed E-state index contributed by atoms with van der Waals surface area (Å²) in [6.45, 7) is 3.07. The maximum absolute atomic E-state index is 10.8. The Balaban J connectivity index is 2.75. The maximum Gasteiger partial charge on any atom is 0.303 e. The molecule has 0 aliphatic carbocycles. The molecule has 0 amide bonds. The van der Waals surface area contributed by atoms with Crippen molar-refractivity contribution in [2.75, 3.05) is 5.88 Å². The predicted octanol–water partition coefficient (Wildman–Crippen LogP) is 2.64. The van der Waals surface area contributed by atoms with Gasteiger partial charge in [0, 0.05) is 6.92 Å². The van der Waals surface area contributed by atoms with Crippen molar-refractivity contribution in [1.29, 1.82) is 0 Å². The number of carbonyl (C=O) groups is 1. The number of thiophene rings is 1. The highest BCUT2D eigenvalue weighted by Crippen LogP contribution is 2.14. The number of halogens is 1. The average Bonchev–Trinajstić information content (AvgIpc) is 2.82. The summed E-state index contributed by atoms with van der Waals surface area (Å²) in [5, 5.41) is 0. The normalized spacial score (nSPS) is 9.84. The van der Waals surface area contributed by atoms with Crippen LogP contribution in [-0.4, -0.2) is 18.0 Å². The molecule has 0 radical (unpaired) electrons. The minimum absolute atomic E-state index is 0.150. The summed E-state index contributed by atoms with van der Waals surface area (Å²) >= 11 is 7.11. The van der Waals surface area contributed by atoms with E-state index in [1.54, 1.807) is 6.92 Å². The molecule has 4 heteroatoms. The molecule has 1 heterocycles. The molecule has 1 aromatic heterocycles. The van der Waals surface area contributed by atoms with Crippen molar-refractivity contribution in [2.45, 2.75) is 20.0 Å². The monoisotopic (exact) mass is 290 g/mol. The lowest BCUT2D eigenvalue weighted by Gasteiger charge is -2.05. The summed E-state index contributed by atoms with van der Waals surface area (Å²) in [5.41, 5.74) is 0. The largest absolute Gasteiger partial charge is 0.448 e. The van der Waals surface area contributed by atoms with Crippen LogP contribution in [0.4, 0.5) is 0 Å². The summed E-state index contributed by atoms with van der Waals surface area (Å²) in [6, 6.07) is 3.74. The van der Waals surface area contributed by atoms with Gasteiger partial charge in [0.15, 0.2) is 6.10 Å². The molecule has 2 nitrogen and oxygen atoms in total. The van der Waals surface area contributed by atoms with Crippen molar-refractivity contribution in [1.82, 2.24) is 0 Å². The van der Waals surface area contributed by atoms with Crippen molar-refractivity contribution in [3.8, 4) is 35.5 Å². The van der Waals surface area contributed by atoms with Crippen molar-refractivity contribution in [3.63, 3.8) is 0 Å². The molecule has 1 atom stereocenters. The second-order valence-electron chi connectivity index (χ2n) is 3.31. The van der Waals surface area contributed by atoms with E-state index in [-0.39, 0.29) is 5.88 Å². The van der Waals surface area contributed by atoms with E-state index in [1.807, 2.05) is 12.1 Å². The Hall–Kier alpha value is -1.86. The fourth-order valence-corrected chi connectivity index (χ4v) is 1.94. The van der Waals surface area contributed by atoms with Gasteiger partial charge in [-0.2, -0.15) is 0 Å². The van der Waals surface area contributed by atoms with Crippen LogP contribution in [0.25, 0.3) is 0 Å². The number of ether oxygens (including phenoxy) is 1. The molecule has 0 fully saturated rings. The van der Waals surface area contributed by atoms with Gasteiger partial charge in [-0.15, -0.1) is 22.9 Å². The highest BCUT2D eigenvalue weighted by Gasteiger charge is 2.06. The minimum Gasteiger partial charge on any atom is -0.448 e. The van der Waals surface area contributed by atoms with E-state index in [0.29, 0.717) is 0 Å². The van der Waals surface area contributed by atoms with Crippen LogP contribution in [0.1, 0.15) is 23.6 Å². The van der Waals surface area contributed by atoms with Gasteiger partial charge in [0.2, 0.25) is 0 Å². The Bertz CT molecular complexity index is 626.